The zero-order valence-electron chi connectivity index (χ0n) is 12.6. The normalized spacial score (nSPS) is 12.7. The first-order valence-electron chi connectivity index (χ1n) is 7.11. The van der Waals surface area contributed by atoms with Gasteiger partial charge in [-0.05, 0) is 38.3 Å². The third-order valence-electron chi connectivity index (χ3n) is 3.34. The highest BCUT2D eigenvalue weighted by atomic mass is 32.1. The van der Waals surface area contributed by atoms with Gasteiger partial charge >= 0.3 is 0 Å². The van der Waals surface area contributed by atoms with E-state index in [1.807, 2.05) is 11.9 Å². The first-order chi connectivity index (χ1) is 9.10. The molecule has 0 saturated heterocycles. The van der Waals surface area contributed by atoms with Crippen LogP contribution in [-0.2, 0) is 4.79 Å². The topological polar surface area (TPSA) is 23.6 Å². The monoisotopic (exact) mass is 282 g/mol. The van der Waals surface area contributed by atoms with Crippen LogP contribution in [0.1, 0.15) is 44.5 Å². The third kappa shape index (κ3) is 4.96. The molecule has 108 valence electrons. The Morgan fingerprint density at radius 1 is 1.32 bits per heavy atom. The van der Waals surface area contributed by atoms with Gasteiger partial charge in [0, 0.05) is 24.0 Å². The maximum atomic E-state index is 12.3. The van der Waals surface area contributed by atoms with E-state index < -0.39 is 0 Å². The summed E-state index contributed by atoms with van der Waals surface area (Å²) in [4.78, 5) is 17.7. The second-order valence-electron chi connectivity index (χ2n) is 4.99. The van der Waals surface area contributed by atoms with E-state index in [2.05, 4.69) is 43.2 Å². The number of rotatable bonds is 8. The number of hydrogen-bond acceptors (Lipinski definition) is 3. The van der Waals surface area contributed by atoms with Crippen molar-refractivity contribution in [3.8, 4) is 0 Å². The van der Waals surface area contributed by atoms with Gasteiger partial charge in [0.05, 0.1) is 6.54 Å². The zero-order chi connectivity index (χ0) is 14.3. The molecule has 0 aliphatic heterocycles. The summed E-state index contributed by atoms with van der Waals surface area (Å²) in [5, 5.41) is 2.09. The maximum absolute atomic E-state index is 12.3. The minimum absolute atomic E-state index is 0.245. The highest BCUT2D eigenvalue weighted by Crippen LogP contribution is 2.23. The molecule has 1 aromatic rings. The van der Waals surface area contributed by atoms with Crippen molar-refractivity contribution in [2.75, 3.05) is 26.7 Å². The van der Waals surface area contributed by atoms with Crippen LogP contribution in [0, 0.1) is 0 Å². The highest BCUT2D eigenvalue weighted by Gasteiger charge is 2.18. The minimum atomic E-state index is 0.245. The van der Waals surface area contributed by atoms with Crippen molar-refractivity contribution in [3.05, 3.63) is 22.4 Å². The van der Waals surface area contributed by atoms with Crippen LogP contribution in [0.25, 0.3) is 0 Å². The maximum Gasteiger partial charge on any atom is 0.236 e. The van der Waals surface area contributed by atoms with Crippen LogP contribution in [0.4, 0.5) is 0 Å². The summed E-state index contributed by atoms with van der Waals surface area (Å²) in [6.07, 6.45) is 2.05. The van der Waals surface area contributed by atoms with Gasteiger partial charge in [0.1, 0.15) is 0 Å². The van der Waals surface area contributed by atoms with Gasteiger partial charge in [-0.15, -0.1) is 11.3 Å². The predicted octanol–water partition coefficient (Wildman–Crippen LogP) is 3.39. The Labute approximate surface area is 121 Å². The average Bonchev–Trinajstić information content (AvgIpc) is 2.91. The lowest BCUT2D eigenvalue weighted by Gasteiger charge is -2.28. The molecule has 1 heterocycles. The Bertz CT molecular complexity index is 358. The molecule has 0 spiro atoms. The molecule has 1 atom stereocenters. The smallest absolute Gasteiger partial charge is 0.236 e. The molecule has 0 N–H and O–H groups in total. The quantitative estimate of drug-likeness (QED) is 0.729. The number of nitrogens with zero attached hydrogens (tertiary/aromatic N) is 2. The Morgan fingerprint density at radius 2 is 1.95 bits per heavy atom. The van der Waals surface area contributed by atoms with Gasteiger partial charge in [0.15, 0.2) is 0 Å². The lowest BCUT2D eigenvalue weighted by atomic mass is 10.2. The molecule has 0 saturated carbocycles. The number of amides is 1. The van der Waals surface area contributed by atoms with Crippen molar-refractivity contribution >= 4 is 17.2 Å². The summed E-state index contributed by atoms with van der Waals surface area (Å²) in [5.41, 5.74) is 0. The van der Waals surface area contributed by atoms with Crippen molar-refractivity contribution in [3.63, 3.8) is 0 Å². The first kappa shape index (κ1) is 16.2. The average molecular weight is 282 g/mol. The molecule has 1 aromatic heterocycles. The second-order valence-corrected chi connectivity index (χ2v) is 5.97. The molecule has 1 rings (SSSR count). The molecule has 0 aliphatic rings. The fraction of sp³-hybridized carbons (Fsp3) is 0.667. The molecule has 1 amide bonds. The number of hydrogen-bond donors (Lipinski definition) is 0. The number of carbonyl (C=O) groups excluding carboxylic acids is 1. The largest absolute Gasteiger partial charge is 0.342 e. The summed E-state index contributed by atoms with van der Waals surface area (Å²) < 4.78 is 0. The van der Waals surface area contributed by atoms with Crippen molar-refractivity contribution in [2.45, 2.75) is 39.7 Å². The van der Waals surface area contributed by atoms with Gasteiger partial charge in [0.2, 0.25) is 5.91 Å². The summed E-state index contributed by atoms with van der Waals surface area (Å²) in [6, 6.07) is 4.49. The fourth-order valence-electron chi connectivity index (χ4n) is 2.10. The van der Waals surface area contributed by atoms with Crippen LogP contribution in [0.5, 0.6) is 0 Å². The number of likely N-dealkylation sites (N-methyl/N-ethyl adjacent to an activating group) is 1. The Hall–Kier alpha value is -0.870. The van der Waals surface area contributed by atoms with E-state index >= 15 is 0 Å². The molecular formula is C15H26N2OS. The Balaban J connectivity index is 2.54. The van der Waals surface area contributed by atoms with Gasteiger partial charge in [-0.1, -0.05) is 19.9 Å². The first-order valence-corrected chi connectivity index (χ1v) is 7.99. The van der Waals surface area contributed by atoms with Crippen molar-refractivity contribution < 1.29 is 4.79 Å². The third-order valence-corrected chi connectivity index (χ3v) is 4.38. The molecule has 0 aliphatic carbocycles. The number of thiophene rings is 1. The molecule has 0 radical (unpaired) electrons. The van der Waals surface area contributed by atoms with E-state index in [0.717, 1.165) is 25.9 Å². The van der Waals surface area contributed by atoms with E-state index in [0.29, 0.717) is 12.6 Å². The molecule has 0 fully saturated rings. The van der Waals surface area contributed by atoms with Crippen molar-refractivity contribution in [1.29, 1.82) is 0 Å². The van der Waals surface area contributed by atoms with Crippen molar-refractivity contribution in [1.82, 2.24) is 9.80 Å². The second kappa shape index (κ2) is 8.33. The van der Waals surface area contributed by atoms with Crippen LogP contribution < -0.4 is 0 Å². The minimum Gasteiger partial charge on any atom is -0.342 e. The molecule has 1 unspecified atom stereocenters. The molecular weight excluding hydrogens is 256 g/mol. The Morgan fingerprint density at radius 3 is 2.42 bits per heavy atom. The van der Waals surface area contributed by atoms with Crippen LogP contribution in [0.2, 0.25) is 0 Å². The number of carbonyl (C=O) groups is 1. The summed E-state index contributed by atoms with van der Waals surface area (Å²) in [6.45, 7) is 8.63. The molecule has 0 bridgehead atoms. The van der Waals surface area contributed by atoms with Crippen molar-refractivity contribution in [2.24, 2.45) is 0 Å². The standard InChI is InChI=1S/C15H26N2OS/c1-5-9-17(10-6-2)15(18)12-16(4)13(3)14-8-7-11-19-14/h7-8,11,13H,5-6,9-10,12H2,1-4H3. The molecule has 0 aromatic carbocycles. The summed E-state index contributed by atoms with van der Waals surface area (Å²) in [5.74, 6) is 0.245. The van der Waals surface area contributed by atoms with Crippen LogP contribution in [0.3, 0.4) is 0 Å². The summed E-state index contributed by atoms with van der Waals surface area (Å²) >= 11 is 1.75. The SMILES string of the molecule is CCCN(CCC)C(=O)CN(C)C(C)c1cccs1. The van der Waals surface area contributed by atoms with Gasteiger partial charge in [0.25, 0.3) is 0 Å². The van der Waals surface area contributed by atoms with Gasteiger partial charge in [-0.3, -0.25) is 9.69 Å². The lowest BCUT2D eigenvalue weighted by molar-refractivity contribution is -0.132. The van der Waals surface area contributed by atoms with Crippen LogP contribution in [0.15, 0.2) is 17.5 Å². The molecule has 4 heteroatoms. The van der Waals surface area contributed by atoms with Gasteiger partial charge < -0.3 is 4.90 Å². The van der Waals surface area contributed by atoms with E-state index in [1.165, 1.54) is 4.88 Å². The summed E-state index contributed by atoms with van der Waals surface area (Å²) in [7, 11) is 2.03. The van der Waals surface area contributed by atoms with E-state index in [9.17, 15) is 4.79 Å². The molecule has 19 heavy (non-hydrogen) atoms. The highest BCUT2D eigenvalue weighted by molar-refractivity contribution is 7.10. The van der Waals surface area contributed by atoms with Gasteiger partial charge in [-0.2, -0.15) is 0 Å². The van der Waals surface area contributed by atoms with E-state index in [4.69, 9.17) is 0 Å². The predicted molar refractivity (Wildman–Crippen MR) is 82.5 cm³/mol. The molecule has 3 nitrogen and oxygen atoms in total. The fourth-order valence-corrected chi connectivity index (χ4v) is 2.95. The van der Waals surface area contributed by atoms with Gasteiger partial charge in [-0.25, -0.2) is 0 Å². The Kier molecular flexibility index (Phi) is 7.10. The van der Waals surface area contributed by atoms with E-state index in [-0.39, 0.29) is 5.91 Å². The van der Waals surface area contributed by atoms with E-state index in [1.54, 1.807) is 11.3 Å². The van der Waals surface area contributed by atoms with Crippen LogP contribution >= 0.6 is 11.3 Å². The van der Waals surface area contributed by atoms with Crippen LogP contribution in [-0.4, -0.2) is 42.4 Å². The lowest BCUT2D eigenvalue weighted by Crippen LogP contribution is -2.40. The zero-order valence-corrected chi connectivity index (χ0v) is 13.4.